The number of hydrogen-bond acceptors (Lipinski definition) is 9. The molecule has 0 saturated carbocycles. The summed E-state index contributed by atoms with van der Waals surface area (Å²) < 4.78 is 31.0. The van der Waals surface area contributed by atoms with E-state index in [0.717, 1.165) is 0 Å². The summed E-state index contributed by atoms with van der Waals surface area (Å²) in [7, 11) is 2.65. The van der Waals surface area contributed by atoms with Gasteiger partial charge in [-0.25, -0.2) is 0 Å². The maximum Gasteiger partial charge on any atom is 0.303 e. The summed E-state index contributed by atoms with van der Waals surface area (Å²) in [6, 6.07) is 0. The van der Waals surface area contributed by atoms with Crippen molar-refractivity contribution in [1.29, 1.82) is 0 Å². The van der Waals surface area contributed by atoms with E-state index in [1.165, 1.54) is 35.0 Å². The fourth-order valence-corrected chi connectivity index (χ4v) is 2.12. The highest BCUT2D eigenvalue weighted by molar-refractivity contribution is 5.68. The molecule has 0 aromatic heterocycles. The van der Waals surface area contributed by atoms with Crippen molar-refractivity contribution in [2.45, 2.75) is 51.7 Å². The molecule has 126 valence electrons. The van der Waals surface area contributed by atoms with E-state index in [4.69, 9.17) is 28.4 Å². The van der Waals surface area contributed by atoms with Gasteiger partial charge in [-0.1, -0.05) is 0 Å². The fourth-order valence-electron chi connectivity index (χ4n) is 2.12. The van der Waals surface area contributed by atoms with Crippen molar-refractivity contribution >= 4 is 17.9 Å². The Labute approximate surface area is 127 Å². The third-order valence-corrected chi connectivity index (χ3v) is 2.82. The number of hydrogen-bond donors (Lipinski definition) is 0. The Morgan fingerprint density at radius 3 is 1.27 bits per heavy atom. The monoisotopic (exact) mass is 320 g/mol. The molecule has 0 aromatic carbocycles. The molecule has 1 saturated heterocycles. The molecule has 5 atom stereocenters. The van der Waals surface area contributed by atoms with Crippen molar-refractivity contribution < 1.29 is 42.8 Å². The van der Waals surface area contributed by atoms with Crippen LogP contribution >= 0.6 is 0 Å². The van der Waals surface area contributed by atoms with Crippen LogP contribution in [0.15, 0.2) is 0 Å². The standard InChI is InChI=1S/C13H20O9/c1-6(14)19-9-10(20-7(2)15)12(17-4)22-13(18-5)11(9)21-8(3)16/h9-13H,1-5H3/t9?,10-,11+,12-,13?/m1/s1. The molecule has 1 heterocycles. The van der Waals surface area contributed by atoms with E-state index in [0.29, 0.717) is 0 Å². The van der Waals surface area contributed by atoms with Crippen molar-refractivity contribution in [2.75, 3.05) is 14.2 Å². The predicted molar refractivity (Wildman–Crippen MR) is 69.3 cm³/mol. The molecular weight excluding hydrogens is 300 g/mol. The molecule has 0 spiro atoms. The fraction of sp³-hybridized carbons (Fsp3) is 0.769. The van der Waals surface area contributed by atoms with Crippen LogP contribution in [0.2, 0.25) is 0 Å². The largest absolute Gasteiger partial charge is 0.454 e. The van der Waals surface area contributed by atoms with Crippen LogP contribution < -0.4 is 0 Å². The van der Waals surface area contributed by atoms with Crippen LogP contribution in [-0.2, 0) is 42.8 Å². The number of carbonyl (C=O) groups is 3. The average Bonchev–Trinajstić information content (AvgIpc) is 2.41. The van der Waals surface area contributed by atoms with E-state index in [9.17, 15) is 14.4 Å². The van der Waals surface area contributed by atoms with Gasteiger partial charge in [0.2, 0.25) is 12.6 Å². The normalized spacial score (nSPS) is 31.2. The molecule has 1 aliphatic rings. The van der Waals surface area contributed by atoms with Crippen molar-refractivity contribution in [3.05, 3.63) is 0 Å². The number of esters is 3. The molecule has 22 heavy (non-hydrogen) atoms. The van der Waals surface area contributed by atoms with E-state index in [2.05, 4.69) is 0 Å². The minimum Gasteiger partial charge on any atom is -0.454 e. The maximum atomic E-state index is 11.3. The predicted octanol–water partition coefficient (Wildman–Crippen LogP) is -0.243. The van der Waals surface area contributed by atoms with E-state index in [-0.39, 0.29) is 0 Å². The Kier molecular flexibility index (Phi) is 6.72. The summed E-state index contributed by atoms with van der Waals surface area (Å²) in [5, 5.41) is 0. The Balaban J connectivity index is 3.14. The second kappa shape index (κ2) is 8.06. The van der Waals surface area contributed by atoms with Gasteiger partial charge in [-0.15, -0.1) is 0 Å². The van der Waals surface area contributed by atoms with Gasteiger partial charge >= 0.3 is 17.9 Å². The zero-order chi connectivity index (χ0) is 16.9. The van der Waals surface area contributed by atoms with Crippen molar-refractivity contribution in [3.63, 3.8) is 0 Å². The van der Waals surface area contributed by atoms with Crippen LogP contribution in [0, 0.1) is 0 Å². The van der Waals surface area contributed by atoms with Gasteiger partial charge in [0.1, 0.15) is 0 Å². The summed E-state index contributed by atoms with van der Waals surface area (Å²) in [5.74, 6) is -1.92. The van der Waals surface area contributed by atoms with Crippen LogP contribution in [0.25, 0.3) is 0 Å². The SMILES string of the molecule is COC1O[C@@H](OC)[C@H](OC(C)=O)C(OC(C)=O)[C@@H]1OC(C)=O. The van der Waals surface area contributed by atoms with Gasteiger partial charge in [-0.05, 0) is 0 Å². The summed E-state index contributed by atoms with van der Waals surface area (Å²) in [6.45, 7) is 3.54. The average molecular weight is 320 g/mol. The molecule has 0 amide bonds. The van der Waals surface area contributed by atoms with E-state index in [1.54, 1.807) is 0 Å². The van der Waals surface area contributed by atoms with Crippen LogP contribution in [0.1, 0.15) is 20.8 Å². The van der Waals surface area contributed by atoms with Gasteiger partial charge in [0.25, 0.3) is 0 Å². The van der Waals surface area contributed by atoms with E-state index < -0.39 is 48.8 Å². The summed E-state index contributed by atoms with van der Waals surface area (Å²) >= 11 is 0. The third-order valence-electron chi connectivity index (χ3n) is 2.82. The van der Waals surface area contributed by atoms with Gasteiger partial charge in [0.15, 0.2) is 18.3 Å². The van der Waals surface area contributed by atoms with Gasteiger partial charge < -0.3 is 28.4 Å². The Morgan fingerprint density at radius 1 is 0.682 bits per heavy atom. The van der Waals surface area contributed by atoms with Crippen molar-refractivity contribution in [2.24, 2.45) is 0 Å². The van der Waals surface area contributed by atoms with Crippen LogP contribution in [0.5, 0.6) is 0 Å². The van der Waals surface area contributed by atoms with E-state index in [1.807, 2.05) is 0 Å². The third kappa shape index (κ3) is 4.65. The lowest BCUT2D eigenvalue weighted by atomic mass is 10.0. The Hall–Kier alpha value is -1.71. The van der Waals surface area contributed by atoms with Crippen molar-refractivity contribution in [1.82, 2.24) is 0 Å². The molecular formula is C13H20O9. The highest BCUT2D eigenvalue weighted by Gasteiger charge is 2.52. The minimum atomic E-state index is -1.13. The molecule has 1 fully saturated rings. The molecule has 2 unspecified atom stereocenters. The molecule has 9 nitrogen and oxygen atoms in total. The first-order valence-electron chi connectivity index (χ1n) is 6.52. The first kappa shape index (κ1) is 18.3. The molecule has 0 bridgehead atoms. The van der Waals surface area contributed by atoms with Crippen molar-refractivity contribution in [3.8, 4) is 0 Å². The van der Waals surface area contributed by atoms with Crippen LogP contribution in [0.4, 0.5) is 0 Å². The lowest BCUT2D eigenvalue weighted by Gasteiger charge is -2.43. The zero-order valence-electron chi connectivity index (χ0n) is 13.1. The summed E-state index contributed by atoms with van der Waals surface area (Å²) in [5.41, 5.74) is 0. The maximum absolute atomic E-state index is 11.3. The molecule has 9 heteroatoms. The topological polar surface area (TPSA) is 107 Å². The highest BCUT2D eigenvalue weighted by Crippen LogP contribution is 2.29. The number of carbonyl (C=O) groups excluding carboxylic acids is 3. The van der Waals surface area contributed by atoms with Gasteiger partial charge in [0, 0.05) is 35.0 Å². The van der Waals surface area contributed by atoms with Gasteiger partial charge in [-0.2, -0.15) is 0 Å². The molecule has 0 radical (unpaired) electrons. The van der Waals surface area contributed by atoms with Crippen LogP contribution in [-0.4, -0.2) is 63.0 Å². The first-order valence-corrected chi connectivity index (χ1v) is 6.52. The lowest BCUT2D eigenvalue weighted by Crippen LogP contribution is -2.62. The smallest absolute Gasteiger partial charge is 0.303 e. The van der Waals surface area contributed by atoms with Gasteiger partial charge in [0.05, 0.1) is 0 Å². The molecule has 0 aliphatic carbocycles. The Bertz CT molecular complexity index is 392. The first-order chi connectivity index (χ1) is 10.3. The lowest BCUT2D eigenvalue weighted by molar-refractivity contribution is -0.343. The quantitative estimate of drug-likeness (QED) is 0.501. The molecule has 1 aliphatic heterocycles. The Morgan fingerprint density at radius 2 is 1.00 bits per heavy atom. The second-order valence-electron chi connectivity index (χ2n) is 4.57. The summed E-state index contributed by atoms with van der Waals surface area (Å²) in [6.07, 6.45) is -5.45. The highest BCUT2D eigenvalue weighted by atomic mass is 16.8. The molecule has 1 rings (SSSR count). The minimum absolute atomic E-state index is 0.634. The van der Waals surface area contributed by atoms with Crippen LogP contribution in [0.3, 0.4) is 0 Å². The number of methoxy groups -OCH3 is 2. The zero-order valence-corrected chi connectivity index (χ0v) is 13.1. The second-order valence-corrected chi connectivity index (χ2v) is 4.57. The van der Waals surface area contributed by atoms with Gasteiger partial charge in [-0.3, -0.25) is 14.4 Å². The number of rotatable bonds is 5. The number of ether oxygens (including phenoxy) is 6. The summed E-state index contributed by atoms with van der Waals surface area (Å²) in [4.78, 5) is 33.9. The van der Waals surface area contributed by atoms with E-state index >= 15 is 0 Å². The molecule has 0 aromatic rings. The molecule has 0 N–H and O–H groups in total.